The fourth-order valence-corrected chi connectivity index (χ4v) is 1.28. The number of hydrogen-bond donors (Lipinski definition) is 2. The Bertz CT molecular complexity index is 293. The average Bonchev–Trinajstić information content (AvgIpc) is 2.12. The van der Waals surface area contributed by atoms with Gasteiger partial charge in [0.2, 0.25) is 0 Å². The minimum atomic E-state index is -3.70. The summed E-state index contributed by atoms with van der Waals surface area (Å²) in [6.07, 6.45) is 3.57. The van der Waals surface area contributed by atoms with E-state index in [1.165, 1.54) is 6.92 Å². The molecule has 0 spiro atoms. The largest absolute Gasteiger partial charge is 0.478 e. The zero-order valence-electron chi connectivity index (χ0n) is 9.77. The summed E-state index contributed by atoms with van der Waals surface area (Å²) in [4.78, 5) is 9.60. The van der Waals surface area contributed by atoms with Gasteiger partial charge in [-0.3, -0.25) is 4.55 Å². The number of hydrogen-bond acceptors (Lipinski definition) is 3. The van der Waals surface area contributed by atoms with Gasteiger partial charge in [-0.05, 0) is 13.3 Å². The second-order valence-corrected chi connectivity index (χ2v) is 5.00. The van der Waals surface area contributed by atoms with E-state index < -0.39 is 16.1 Å². The van der Waals surface area contributed by atoms with Crippen molar-refractivity contribution in [2.24, 2.45) is 0 Å². The van der Waals surface area contributed by atoms with Crippen molar-refractivity contribution in [3.8, 4) is 0 Å². The summed E-state index contributed by atoms with van der Waals surface area (Å²) >= 11 is 0. The Labute approximate surface area is 96.9 Å². The van der Waals surface area contributed by atoms with Crippen molar-refractivity contribution in [2.75, 3.05) is 5.75 Å². The van der Waals surface area contributed by atoms with Crippen molar-refractivity contribution in [3.63, 3.8) is 0 Å². The second-order valence-electron chi connectivity index (χ2n) is 3.43. The zero-order valence-corrected chi connectivity index (χ0v) is 10.6. The van der Waals surface area contributed by atoms with E-state index in [9.17, 15) is 13.2 Å². The minimum Gasteiger partial charge on any atom is -0.478 e. The molecule has 0 aromatic heterocycles. The van der Waals surface area contributed by atoms with Crippen LogP contribution >= 0.6 is 0 Å². The minimum absolute atomic E-state index is 0.0903. The first kappa shape index (κ1) is 17.5. The maximum absolute atomic E-state index is 10.1. The first-order chi connectivity index (χ1) is 7.20. The predicted octanol–water partition coefficient (Wildman–Crippen LogP) is 2.10. The van der Waals surface area contributed by atoms with Gasteiger partial charge in [-0.2, -0.15) is 8.42 Å². The van der Waals surface area contributed by atoms with Crippen molar-refractivity contribution in [1.82, 2.24) is 0 Å². The molecule has 0 amide bonds. The fourth-order valence-electron chi connectivity index (χ4n) is 0.711. The normalized spacial score (nSPS) is 10.2. The summed E-state index contributed by atoms with van der Waals surface area (Å²) in [5.74, 6) is -1.03. The van der Waals surface area contributed by atoms with Crippen LogP contribution in [-0.2, 0) is 14.9 Å². The summed E-state index contributed by atoms with van der Waals surface area (Å²) in [5.41, 5.74) is 0.176. The molecular formula is C10H20O5S. The molecule has 96 valence electrons. The summed E-state index contributed by atoms with van der Waals surface area (Å²) < 4.78 is 28.6. The van der Waals surface area contributed by atoms with Gasteiger partial charge in [-0.25, -0.2) is 4.79 Å². The zero-order chi connectivity index (χ0) is 13.2. The third-order valence-corrected chi connectivity index (χ3v) is 2.43. The Kier molecular flexibility index (Phi) is 10.2. The van der Waals surface area contributed by atoms with Gasteiger partial charge in [0.15, 0.2) is 0 Å². The van der Waals surface area contributed by atoms with Gasteiger partial charge in [0.25, 0.3) is 10.1 Å². The summed E-state index contributed by atoms with van der Waals surface area (Å²) in [5, 5.41) is 7.89. The lowest BCUT2D eigenvalue weighted by Gasteiger charge is -1.95. The molecule has 0 bridgehead atoms. The highest BCUT2D eigenvalue weighted by Gasteiger charge is 2.01. The fraction of sp³-hybridized carbons (Fsp3) is 0.700. The molecule has 0 saturated carbocycles. The molecule has 0 aliphatic rings. The smallest absolute Gasteiger partial charge is 0.330 e. The number of rotatable bonds is 6. The van der Waals surface area contributed by atoms with Gasteiger partial charge in [0.05, 0.1) is 5.75 Å². The van der Waals surface area contributed by atoms with E-state index in [1.807, 2.05) is 6.92 Å². The van der Waals surface area contributed by atoms with Crippen molar-refractivity contribution < 1.29 is 22.9 Å². The van der Waals surface area contributed by atoms with Crippen LogP contribution in [0.2, 0.25) is 0 Å². The Morgan fingerprint density at radius 3 is 1.94 bits per heavy atom. The standard InChI is InChI=1S/C6H14O3S.C4H6O2/c1-2-3-4-5-6-10(7,8)9;1-3(2)4(5)6/h2-6H2,1H3,(H,7,8,9);1H2,2H3,(H,5,6). The lowest BCUT2D eigenvalue weighted by Crippen LogP contribution is -2.03. The molecule has 0 aromatic rings. The molecule has 16 heavy (non-hydrogen) atoms. The average molecular weight is 252 g/mol. The summed E-state index contributed by atoms with van der Waals surface area (Å²) in [6, 6.07) is 0. The van der Waals surface area contributed by atoms with E-state index in [4.69, 9.17) is 9.66 Å². The van der Waals surface area contributed by atoms with E-state index in [0.717, 1.165) is 19.3 Å². The third-order valence-electron chi connectivity index (χ3n) is 1.62. The van der Waals surface area contributed by atoms with Crippen molar-refractivity contribution in [2.45, 2.75) is 39.5 Å². The van der Waals surface area contributed by atoms with Crippen LogP contribution in [0.25, 0.3) is 0 Å². The van der Waals surface area contributed by atoms with Crippen LogP contribution in [-0.4, -0.2) is 29.8 Å². The van der Waals surface area contributed by atoms with E-state index in [1.54, 1.807) is 0 Å². The topological polar surface area (TPSA) is 91.7 Å². The maximum Gasteiger partial charge on any atom is 0.330 e. The van der Waals surface area contributed by atoms with E-state index in [2.05, 4.69) is 6.58 Å². The van der Waals surface area contributed by atoms with Gasteiger partial charge in [-0.15, -0.1) is 0 Å². The SMILES string of the molecule is C=C(C)C(=O)O.CCCCCCS(=O)(=O)O. The summed E-state index contributed by atoms with van der Waals surface area (Å²) in [7, 11) is -3.70. The number of carboxylic acids is 1. The lowest BCUT2D eigenvalue weighted by molar-refractivity contribution is -0.132. The molecule has 0 rings (SSSR count). The molecule has 0 unspecified atom stereocenters. The molecule has 0 radical (unpaired) electrons. The monoisotopic (exact) mass is 252 g/mol. The van der Waals surface area contributed by atoms with Crippen LogP contribution in [0.3, 0.4) is 0 Å². The second kappa shape index (κ2) is 9.35. The molecule has 6 heteroatoms. The van der Waals surface area contributed by atoms with E-state index >= 15 is 0 Å². The van der Waals surface area contributed by atoms with E-state index in [-0.39, 0.29) is 11.3 Å². The Hall–Kier alpha value is -0.880. The van der Waals surface area contributed by atoms with Gasteiger partial charge < -0.3 is 5.11 Å². The molecule has 0 heterocycles. The molecule has 0 fully saturated rings. The van der Waals surface area contributed by atoms with Crippen molar-refractivity contribution >= 4 is 16.1 Å². The highest BCUT2D eigenvalue weighted by molar-refractivity contribution is 7.85. The van der Waals surface area contributed by atoms with Crippen LogP contribution < -0.4 is 0 Å². The lowest BCUT2D eigenvalue weighted by atomic mass is 10.2. The number of carboxylic acid groups (broad SMARTS) is 1. The molecule has 5 nitrogen and oxygen atoms in total. The number of unbranched alkanes of at least 4 members (excludes halogenated alkanes) is 3. The van der Waals surface area contributed by atoms with Gasteiger partial charge in [-0.1, -0.05) is 32.8 Å². The van der Waals surface area contributed by atoms with Crippen LogP contribution in [0.4, 0.5) is 0 Å². The quantitative estimate of drug-likeness (QED) is 0.429. The van der Waals surface area contributed by atoms with Crippen molar-refractivity contribution in [3.05, 3.63) is 12.2 Å². The highest BCUT2D eigenvalue weighted by Crippen LogP contribution is 2.00. The number of aliphatic carboxylic acids is 1. The Morgan fingerprint density at radius 2 is 1.69 bits per heavy atom. The first-order valence-electron chi connectivity index (χ1n) is 5.04. The summed E-state index contributed by atoms with van der Waals surface area (Å²) in [6.45, 7) is 6.65. The Morgan fingerprint density at radius 1 is 1.25 bits per heavy atom. The van der Waals surface area contributed by atoms with Gasteiger partial charge >= 0.3 is 5.97 Å². The first-order valence-corrected chi connectivity index (χ1v) is 6.65. The highest BCUT2D eigenvalue weighted by atomic mass is 32.2. The van der Waals surface area contributed by atoms with Gasteiger partial charge in [0.1, 0.15) is 0 Å². The molecule has 0 aliphatic carbocycles. The Balaban J connectivity index is 0. The molecule has 0 saturated heterocycles. The number of carbonyl (C=O) groups is 1. The molecule has 0 aromatic carbocycles. The molecule has 2 N–H and O–H groups in total. The molecule has 0 aliphatic heterocycles. The van der Waals surface area contributed by atoms with Crippen LogP contribution in [0.1, 0.15) is 39.5 Å². The molecule has 0 atom stereocenters. The van der Waals surface area contributed by atoms with Crippen LogP contribution in [0.5, 0.6) is 0 Å². The van der Waals surface area contributed by atoms with Crippen LogP contribution in [0.15, 0.2) is 12.2 Å². The third kappa shape index (κ3) is 18.8. The maximum atomic E-state index is 10.1. The van der Waals surface area contributed by atoms with E-state index in [0.29, 0.717) is 6.42 Å². The van der Waals surface area contributed by atoms with Crippen molar-refractivity contribution in [1.29, 1.82) is 0 Å². The van der Waals surface area contributed by atoms with Crippen LogP contribution in [0, 0.1) is 0 Å². The predicted molar refractivity (Wildman–Crippen MR) is 63.0 cm³/mol. The van der Waals surface area contributed by atoms with Gasteiger partial charge in [0, 0.05) is 5.57 Å². The molecular weight excluding hydrogens is 232 g/mol.